The zero-order valence-electron chi connectivity index (χ0n) is 7.78. The van der Waals surface area contributed by atoms with E-state index in [2.05, 4.69) is 15.9 Å². The van der Waals surface area contributed by atoms with Gasteiger partial charge in [-0.1, -0.05) is 52.4 Å². The predicted octanol–water partition coefficient (Wildman–Crippen LogP) is 4.13. The molecule has 0 heterocycles. The summed E-state index contributed by atoms with van der Waals surface area (Å²) >= 11 is 8.57. The van der Waals surface area contributed by atoms with Gasteiger partial charge in [0.1, 0.15) is 5.82 Å². The molecule has 1 atom stereocenters. The molecule has 1 aliphatic carbocycles. The van der Waals surface area contributed by atoms with E-state index in [1.165, 1.54) is 6.07 Å². The van der Waals surface area contributed by atoms with Crippen LogP contribution in [-0.4, -0.2) is 4.86 Å². The first-order valence-corrected chi connectivity index (χ1v) is 5.72. The van der Waals surface area contributed by atoms with E-state index in [1.807, 2.05) is 24.3 Å². The Balaban J connectivity index is 2.44. The summed E-state index contributed by atoms with van der Waals surface area (Å²) in [7, 11) is 0. The van der Waals surface area contributed by atoms with Crippen LogP contribution >= 0.6 is 28.1 Å². The predicted molar refractivity (Wildman–Crippen MR) is 67.9 cm³/mol. The number of rotatable bonds is 1. The van der Waals surface area contributed by atoms with Crippen molar-refractivity contribution in [1.29, 1.82) is 0 Å². The number of thiocarbonyl (C=S) groups is 1. The van der Waals surface area contributed by atoms with Gasteiger partial charge in [-0.15, -0.1) is 0 Å². The third kappa shape index (κ3) is 2.24. The lowest BCUT2D eigenvalue weighted by molar-refractivity contribution is 0.612. The first-order chi connectivity index (χ1) is 7.18. The Labute approximate surface area is 102 Å². The highest BCUT2D eigenvalue weighted by Gasteiger charge is 2.18. The van der Waals surface area contributed by atoms with Gasteiger partial charge in [0.15, 0.2) is 0 Å². The van der Waals surface area contributed by atoms with Crippen LogP contribution in [-0.2, 0) is 0 Å². The van der Waals surface area contributed by atoms with Crippen molar-refractivity contribution in [1.82, 2.24) is 0 Å². The van der Waals surface area contributed by atoms with Gasteiger partial charge in [-0.25, -0.2) is 4.39 Å². The van der Waals surface area contributed by atoms with Crippen molar-refractivity contribution in [3.05, 3.63) is 58.4 Å². The van der Waals surface area contributed by atoms with Crippen LogP contribution in [0.2, 0.25) is 0 Å². The maximum Gasteiger partial charge on any atom is 0.127 e. The van der Waals surface area contributed by atoms with Crippen LogP contribution in [0.15, 0.2) is 47.0 Å². The normalized spacial score (nSPS) is 20.3. The number of hydrogen-bond donors (Lipinski definition) is 0. The molecule has 0 radical (unpaired) electrons. The van der Waals surface area contributed by atoms with Crippen LogP contribution in [0.3, 0.4) is 0 Å². The van der Waals surface area contributed by atoms with Gasteiger partial charge in [0.25, 0.3) is 0 Å². The summed E-state index contributed by atoms with van der Waals surface area (Å²) in [5, 5.41) is 0. The zero-order valence-corrected chi connectivity index (χ0v) is 10.2. The van der Waals surface area contributed by atoms with E-state index >= 15 is 0 Å². The molecule has 2 rings (SSSR count). The molecule has 1 aromatic carbocycles. The van der Waals surface area contributed by atoms with Gasteiger partial charge in [0.2, 0.25) is 0 Å². The molecular weight excluding hydrogens is 275 g/mol. The standard InChI is InChI=1S/C12H8BrFS/c13-8-5-6-12(15)10(7-8)9-3-1-2-4-11(9)14/h1-7,10H. The summed E-state index contributed by atoms with van der Waals surface area (Å²) in [5.41, 5.74) is 0.629. The van der Waals surface area contributed by atoms with Crippen molar-refractivity contribution in [2.45, 2.75) is 5.92 Å². The molecule has 1 aliphatic rings. The van der Waals surface area contributed by atoms with Crippen molar-refractivity contribution in [3.8, 4) is 0 Å². The fourth-order valence-corrected chi connectivity index (χ4v) is 2.19. The van der Waals surface area contributed by atoms with E-state index in [9.17, 15) is 4.39 Å². The minimum Gasteiger partial charge on any atom is -0.207 e. The van der Waals surface area contributed by atoms with E-state index in [-0.39, 0.29) is 11.7 Å². The monoisotopic (exact) mass is 282 g/mol. The lowest BCUT2D eigenvalue weighted by atomic mass is 9.92. The van der Waals surface area contributed by atoms with Crippen molar-refractivity contribution in [3.63, 3.8) is 0 Å². The van der Waals surface area contributed by atoms with Crippen LogP contribution in [0.25, 0.3) is 0 Å². The molecule has 3 heteroatoms. The summed E-state index contributed by atoms with van der Waals surface area (Å²) in [4.78, 5) is 0.739. The lowest BCUT2D eigenvalue weighted by Gasteiger charge is -2.16. The van der Waals surface area contributed by atoms with Gasteiger partial charge in [-0.3, -0.25) is 0 Å². The average molecular weight is 283 g/mol. The fraction of sp³-hybridized carbons (Fsp3) is 0.0833. The van der Waals surface area contributed by atoms with Crippen LogP contribution < -0.4 is 0 Å². The molecule has 0 N–H and O–H groups in total. The molecule has 0 bridgehead atoms. The van der Waals surface area contributed by atoms with Crippen LogP contribution in [0.5, 0.6) is 0 Å². The minimum absolute atomic E-state index is 0.138. The van der Waals surface area contributed by atoms with Gasteiger partial charge < -0.3 is 0 Å². The van der Waals surface area contributed by atoms with Gasteiger partial charge in [0, 0.05) is 15.3 Å². The minimum atomic E-state index is -0.211. The van der Waals surface area contributed by atoms with E-state index in [4.69, 9.17) is 12.2 Å². The second-order valence-electron chi connectivity index (χ2n) is 3.29. The largest absolute Gasteiger partial charge is 0.207 e. The quantitative estimate of drug-likeness (QED) is 0.698. The van der Waals surface area contributed by atoms with Gasteiger partial charge in [0.05, 0.1) is 0 Å². The Kier molecular flexibility index (Phi) is 3.12. The average Bonchev–Trinajstić information content (AvgIpc) is 2.23. The molecule has 0 fully saturated rings. The van der Waals surface area contributed by atoms with Gasteiger partial charge >= 0.3 is 0 Å². The van der Waals surface area contributed by atoms with Crippen LogP contribution in [0, 0.1) is 5.82 Å². The summed E-state index contributed by atoms with van der Waals surface area (Å²) in [6, 6.07) is 6.72. The fourth-order valence-electron chi connectivity index (χ4n) is 1.53. The van der Waals surface area contributed by atoms with Gasteiger partial charge in [-0.05, 0) is 23.8 Å². The third-order valence-electron chi connectivity index (χ3n) is 2.28. The highest BCUT2D eigenvalue weighted by Crippen LogP contribution is 2.29. The van der Waals surface area contributed by atoms with Crippen molar-refractivity contribution < 1.29 is 4.39 Å². The Morgan fingerprint density at radius 2 is 1.93 bits per heavy atom. The maximum absolute atomic E-state index is 13.5. The molecule has 0 aliphatic heterocycles. The second-order valence-corrected chi connectivity index (χ2v) is 4.67. The molecule has 0 aromatic heterocycles. The molecule has 0 saturated carbocycles. The number of allylic oxidation sites excluding steroid dienone is 4. The number of benzene rings is 1. The highest BCUT2D eigenvalue weighted by molar-refractivity contribution is 9.11. The second kappa shape index (κ2) is 4.37. The Morgan fingerprint density at radius 3 is 2.67 bits per heavy atom. The smallest absolute Gasteiger partial charge is 0.127 e. The van der Waals surface area contributed by atoms with Gasteiger partial charge in [-0.2, -0.15) is 0 Å². The number of hydrogen-bond acceptors (Lipinski definition) is 1. The Bertz CT molecular complexity index is 462. The zero-order chi connectivity index (χ0) is 10.8. The molecular formula is C12H8BrFS. The van der Waals surface area contributed by atoms with E-state index in [0.29, 0.717) is 5.56 Å². The first-order valence-electron chi connectivity index (χ1n) is 4.52. The van der Waals surface area contributed by atoms with Crippen molar-refractivity contribution in [2.75, 3.05) is 0 Å². The van der Waals surface area contributed by atoms with Crippen LogP contribution in [0.4, 0.5) is 4.39 Å². The van der Waals surface area contributed by atoms with Crippen LogP contribution in [0.1, 0.15) is 11.5 Å². The summed E-state index contributed by atoms with van der Waals surface area (Å²) in [6.07, 6.45) is 5.62. The first kappa shape index (κ1) is 10.7. The van der Waals surface area contributed by atoms with E-state index in [0.717, 1.165) is 9.35 Å². The Hall–Kier alpha value is -0.800. The maximum atomic E-state index is 13.5. The molecule has 1 unspecified atom stereocenters. The van der Waals surface area contributed by atoms with Crippen molar-refractivity contribution in [2.24, 2.45) is 0 Å². The molecule has 0 saturated heterocycles. The highest BCUT2D eigenvalue weighted by atomic mass is 79.9. The summed E-state index contributed by atoms with van der Waals surface area (Å²) < 4.78 is 14.5. The molecule has 0 amide bonds. The molecule has 0 nitrogen and oxygen atoms in total. The third-order valence-corrected chi connectivity index (χ3v) is 3.20. The SMILES string of the molecule is Fc1ccccc1C1C=C(Br)C=CC1=S. The van der Waals surface area contributed by atoms with E-state index in [1.54, 1.807) is 12.1 Å². The molecule has 0 spiro atoms. The molecule has 1 aromatic rings. The Morgan fingerprint density at radius 1 is 1.20 bits per heavy atom. The number of halogens is 2. The summed E-state index contributed by atoms with van der Waals surface area (Å²) in [6.45, 7) is 0. The topological polar surface area (TPSA) is 0 Å². The lowest BCUT2D eigenvalue weighted by Crippen LogP contribution is -2.10. The van der Waals surface area contributed by atoms with E-state index < -0.39 is 0 Å². The summed E-state index contributed by atoms with van der Waals surface area (Å²) in [5.74, 6) is -0.350. The molecule has 15 heavy (non-hydrogen) atoms. The van der Waals surface area contributed by atoms with Crippen molar-refractivity contribution >= 4 is 33.0 Å². The molecule has 76 valence electrons.